The molecule has 3 heterocycles. The molecule has 2 aromatic heterocycles. The molecule has 0 saturated carbocycles. The van der Waals surface area contributed by atoms with Gasteiger partial charge in [0.1, 0.15) is 17.6 Å². The van der Waals surface area contributed by atoms with Crippen molar-refractivity contribution in [1.29, 1.82) is 0 Å². The van der Waals surface area contributed by atoms with Crippen LogP contribution in [0.4, 0.5) is 5.13 Å². The third-order valence-corrected chi connectivity index (χ3v) is 7.89. The lowest BCUT2D eigenvalue weighted by Crippen LogP contribution is -2.28. The van der Waals surface area contributed by atoms with E-state index in [0.717, 1.165) is 21.6 Å². The maximum Gasteiger partial charge on any atom is 0.301 e. The molecular formula is C26H21ClN2O4S2. The van der Waals surface area contributed by atoms with Gasteiger partial charge in [0.2, 0.25) is 0 Å². The van der Waals surface area contributed by atoms with E-state index in [1.807, 2.05) is 31.4 Å². The first-order valence-electron chi connectivity index (χ1n) is 11.0. The molecule has 6 nitrogen and oxygen atoms in total. The minimum absolute atomic E-state index is 0.0383. The Hall–Kier alpha value is -3.20. The Labute approximate surface area is 215 Å². The molecule has 0 bridgehead atoms. The van der Waals surface area contributed by atoms with E-state index in [-0.39, 0.29) is 11.3 Å². The van der Waals surface area contributed by atoms with Crippen molar-refractivity contribution in [2.75, 3.05) is 11.5 Å². The van der Waals surface area contributed by atoms with E-state index in [4.69, 9.17) is 16.3 Å². The fourth-order valence-electron chi connectivity index (χ4n) is 4.06. The number of nitrogens with zero attached hydrogens (tertiary/aromatic N) is 2. The predicted molar refractivity (Wildman–Crippen MR) is 141 cm³/mol. The standard InChI is InChI=1S/C26H21ClN2O4S2/c1-3-10-33-18-9-6-15(12-14(18)2)23(30)21-22(19-5-4-11-34-19)29(25(32)24(21)31)26-28-17-8-7-16(27)13-20(17)35-26/h4-9,11-13,22,30H,3,10H2,1-2H3/b23-21+. The first kappa shape index (κ1) is 23.5. The van der Waals surface area contributed by atoms with Crippen LogP contribution in [0.3, 0.4) is 0 Å². The van der Waals surface area contributed by atoms with E-state index in [1.54, 1.807) is 36.4 Å². The molecule has 0 aliphatic carbocycles. The molecule has 1 unspecified atom stereocenters. The summed E-state index contributed by atoms with van der Waals surface area (Å²) in [6.45, 7) is 4.49. The Bertz CT molecular complexity index is 1480. The van der Waals surface area contributed by atoms with Crippen molar-refractivity contribution in [3.05, 3.63) is 80.5 Å². The molecule has 1 fully saturated rings. The largest absolute Gasteiger partial charge is 0.507 e. The van der Waals surface area contributed by atoms with Crippen molar-refractivity contribution in [2.24, 2.45) is 0 Å². The number of aliphatic hydroxyl groups excluding tert-OH is 1. The number of hydrogen-bond acceptors (Lipinski definition) is 7. The summed E-state index contributed by atoms with van der Waals surface area (Å²) in [5, 5.41) is 14.1. The van der Waals surface area contributed by atoms with Crippen molar-refractivity contribution in [2.45, 2.75) is 26.3 Å². The number of aliphatic hydroxyl groups is 1. The summed E-state index contributed by atoms with van der Waals surface area (Å²) in [4.78, 5) is 33.3. The van der Waals surface area contributed by atoms with E-state index in [1.165, 1.54) is 27.6 Å². The fourth-order valence-corrected chi connectivity index (χ4v) is 6.15. The number of ketones is 1. The molecule has 1 aliphatic heterocycles. The van der Waals surface area contributed by atoms with Crippen LogP contribution in [0.1, 0.15) is 35.4 Å². The second-order valence-corrected chi connectivity index (χ2v) is 10.5. The number of Topliss-reactive ketones (excluding diaryl/α,β-unsaturated/α-hetero) is 1. The molecule has 1 N–H and O–H groups in total. The number of fused-ring (bicyclic) bond motifs is 1. The first-order chi connectivity index (χ1) is 16.9. The van der Waals surface area contributed by atoms with Crippen LogP contribution in [0.5, 0.6) is 5.75 Å². The van der Waals surface area contributed by atoms with E-state index in [9.17, 15) is 14.7 Å². The number of halogens is 1. The molecule has 4 aromatic rings. The molecule has 0 spiro atoms. The van der Waals surface area contributed by atoms with Crippen LogP contribution in [0.15, 0.2) is 59.5 Å². The highest BCUT2D eigenvalue weighted by Crippen LogP contribution is 2.45. The van der Waals surface area contributed by atoms with E-state index >= 15 is 0 Å². The van der Waals surface area contributed by atoms with Crippen LogP contribution in [-0.4, -0.2) is 28.4 Å². The lowest BCUT2D eigenvalue weighted by atomic mass is 9.99. The van der Waals surface area contributed by atoms with Crippen molar-refractivity contribution in [3.63, 3.8) is 0 Å². The highest BCUT2D eigenvalue weighted by molar-refractivity contribution is 7.22. The maximum atomic E-state index is 13.3. The minimum Gasteiger partial charge on any atom is -0.507 e. The number of amides is 1. The van der Waals surface area contributed by atoms with Gasteiger partial charge in [-0.15, -0.1) is 11.3 Å². The summed E-state index contributed by atoms with van der Waals surface area (Å²) in [7, 11) is 0. The maximum absolute atomic E-state index is 13.3. The Morgan fingerprint density at radius 2 is 2.03 bits per heavy atom. The molecular weight excluding hydrogens is 504 g/mol. The van der Waals surface area contributed by atoms with Crippen molar-refractivity contribution >= 4 is 67.1 Å². The van der Waals surface area contributed by atoms with Crippen LogP contribution in [-0.2, 0) is 9.59 Å². The fraction of sp³-hybridized carbons (Fsp3) is 0.192. The molecule has 1 amide bonds. The smallest absolute Gasteiger partial charge is 0.301 e. The van der Waals surface area contributed by atoms with Gasteiger partial charge in [0, 0.05) is 15.5 Å². The zero-order chi connectivity index (χ0) is 24.7. The Morgan fingerprint density at radius 3 is 2.74 bits per heavy atom. The number of carbonyl (C=O) groups excluding carboxylic acids is 2. The topological polar surface area (TPSA) is 79.7 Å². The Kier molecular flexibility index (Phi) is 6.35. The Morgan fingerprint density at radius 1 is 1.20 bits per heavy atom. The number of rotatable bonds is 6. The highest BCUT2D eigenvalue weighted by atomic mass is 35.5. The third kappa shape index (κ3) is 4.22. The number of thiophene rings is 1. The number of aryl methyl sites for hydroxylation is 1. The average Bonchev–Trinajstić information content (AvgIpc) is 3.56. The normalized spacial score (nSPS) is 17.5. The summed E-state index contributed by atoms with van der Waals surface area (Å²) in [5.74, 6) is -0.984. The van der Waals surface area contributed by atoms with Gasteiger partial charge >= 0.3 is 5.91 Å². The number of benzene rings is 2. The van der Waals surface area contributed by atoms with Gasteiger partial charge in [-0.05, 0) is 66.8 Å². The zero-order valence-electron chi connectivity index (χ0n) is 18.9. The molecule has 178 valence electrons. The number of anilines is 1. The van der Waals surface area contributed by atoms with Crippen molar-refractivity contribution in [3.8, 4) is 5.75 Å². The number of ether oxygens (including phenoxy) is 1. The van der Waals surface area contributed by atoms with Gasteiger partial charge in [0.15, 0.2) is 5.13 Å². The van der Waals surface area contributed by atoms with Gasteiger partial charge in [-0.2, -0.15) is 0 Å². The van der Waals surface area contributed by atoms with Gasteiger partial charge in [0.05, 0.1) is 22.4 Å². The Balaban J connectivity index is 1.64. The van der Waals surface area contributed by atoms with Gasteiger partial charge in [-0.1, -0.05) is 35.9 Å². The van der Waals surface area contributed by atoms with E-state index in [0.29, 0.717) is 33.6 Å². The van der Waals surface area contributed by atoms with Crippen LogP contribution in [0.2, 0.25) is 5.02 Å². The lowest BCUT2D eigenvalue weighted by Gasteiger charge is -2.21. The van der Waals surface area contributed by atoms with Gasteiger partial charge in [-0.25, -0.2) is 4.98 Å². The summed E-state index contributed by atoms with van der Waals surface area (Å²) in [6, 6.07) is 13.4. The minimum atomic E-state index is -0.789. The molecule has 1 aliphatic rings. The number of carbonyl (C=O) groups is 2. The summed E-state index contributed by atoms with van der Waals surface area (Å²) in [5.41, 5.74) is 1.99. The van der Waals surface area contributed by atoms with E-state index in [2.05, 4.69) is 4.98 Å². The zero-order valence-corrected chi connectivity index (χ0v) is 21.3. The van der Waals surface area contributed by atoms with Crippen LogP contribution >= 0.6 is 34.3 Å². The molecule has 2 aromatic carbocycles. The van der Waals surface area contributed by atoms with Gasteiger partial charge in [0.25, 0.3) is 5.78 Å². The average molecular weight is 525 g/mol. The molecule has 5 rings (SSSR count). The van der Waals surface area contributed by atoms with E-state index < -0.39 is 17.7 Å². The molecule has 1 atom stereocenters. The van der Waals surface area contributed by atoms with Gasteiger partial charge < -0.3 is 9.84 Å². The highest BCUT2D eigenvalue weighted by Gasteiger charge is 2.48. The van der Waals surface area contributed by atoms with Crippen LogP contribution < -0.4 is 9.64 Å². The predicted octanol–water partition coefficient (Wildman–Crippen LogP) is 6.73. The van der Waals surface area contributed by atoms with Crippen molar-refractivity contribution < 1.29 is 19.4 Å². The SMILES string of the molecule is CCCOc1ccc(/C(O)=C2\C(=O)C(=O)N(c3nc4ccc(Cl)cc4s3)C2c2cccs2)cc1C. The molecule has 9 heteroatoms. The number of thiazole rings is 1. The quantitative estimate of drug-likeness (QED) is 0.172. The number of hydrogen-bond donors (Lipinski definition) is 1. The molecule has 35 heavy (non-hydrogen) atoms. The number of aromatic nitrogens is 1. The third-order valence-electron chi connectivity index (χ3n) is 5.71. The molecule has 1 saturated heterocycles. The van der Waals surface area contributed by atoms with Crippen molar-refractivity contribution in [1.82, 2.24) is 4.98 Å². The van der Waals surface area contributed by atoms with Crippen LogP contribution in [0.25, 0.3) is 16.0 Å². The summed E-state index contributed by atoms with van der Waals surface area (Å²) < 4.78 is 6.54. The second kappa shape index (κ2) is 9.45. The lowest BCUT2D eigenvalue weighted by molar-refractivity contribution is -0.132. The molecule has 0 radical (unpaired) electrons. The second-order valence-electron chi connectivity index (χ2n) is 8.12. The monoisotopic (exact) mass is 524 g/mol. The first-order valence-corrected chi connectivity index (χ1v) is 13.1. The summed E-state index contributed by atoms with van der Waals surface area (Å²) in [6.07, 6.45) is 0.878. The van der Waals surface area contributed by atoms with Crippen LogP contribution in [0, 0.1) is 6.92 Å². The van der Waals surface area contributed by atoms with Gasteiger partial charge in [-0.3, -0.25) is 14.5 Å². The summed E-state index contributed by atoms with van der Waals surface area (Å²) >= 11 is 8.82.